The molecule has 0 bridgehead atoms. The van der Waals surface area contributed by atoms with E-state index in [2.05, 4.69) is 11.8 Å². The van der Waals surface area contributed by atoms with Gasteiger partial charge in [-0.3, -0.25) is 4.90 Å². The molecule has 1 atom stereocenters. The Hall–Kier alpha value is -0.120. The number of nitrogens with zero attached hydrogens (tertiary/aromatic N) is 1. The van der Waals surface area contributed by atoms with Gasteiger partial charge in [0.05, 0.1) is 12.1 Å². The van der Waals surface area contributed by atoms with Crippen molar-refractivity contribution in [3.8, 4) is 0 Å². The summed E-state index contributed by atoms with van der Waals surface area (Å²) in [6.45, 7) is 4.94. The van der Waals surface area contributed by atoms with E-state index in [9.17, 15) is 0 Å². The lowest BCUT2D eigenvalue weighted by molar-refractivity contribution is 0.0183. The number of hydrogen-bond acceptors (Lipinski definition) is 3. The molecule has 0 aliphatic heterocycles. The second-order valence-corrected chi connectivity index (χ2v) is 5.46. The van der Waals surface area contributed by atoms with E-state index in [1.807, 2.05) is 0 Å². The van der Waals surface area contributed by atoms with Crippen LogP contribution in [0.25, 0.3) is 0 Å². The van der Waals surface area contributed by atoms with Crippen LogP contribution < -0.4 is 5.73 Å². The third-order valence-electron chi connectivity index (χ3n) is 3.73. The molecule has 2 saturated carbocycles. The van der Waals surface area contributed by atoms with Crippen molar-refractivity contribution in [2.45, 2.75) is 44.2 Å². The second-order valence-electron chi connectivity index (χ2n) is 5.46. The van der Waals surface area contributed by atoms with Crippen molar-refractivity contribution >= 4 is 0 Å². The van der Waals surface area contributed by atoms with Crippen LogP contribution in [0.1, 0.15) is 32.6 Å². The maximum atomic E-state index is 5.93. The molecule has 2 aliphatic carbocycles. The van der Waals surface area contributed by atoms with E-state index in [0.29, 0.717) is 6.54 Å². The summed E-state index contributed by atoms with van der Waals surface area (Å²) in [6.07, 6.45) is 5.53. The summed E-state index contributed by atoms with van der Waals surface area (Å²) in [6, 6.07) is 0.786. The molecule has 2 rings (SSSR count). The van der Waals surface area contributed by atoms with Crippen LogP contribution in [-0.2, 0) is 4.74 Å². The maximum absolute atomic E-state index is 5.93. The maximum Gasteiger partial charge on any atom is 0.0656 e. The van der Waals surface area contributed by atoms with Gasteiger partial charge in [0.15, 0.2) is 0 Å². The van der Waals surface area contributed by atoms with Crippen LogP contribution in [0, 0.1) is 5.92 Å². The van der Waals surface area contributed by atoms with Crippen molar-refractivity contribution in [2.24, 2.45) is 11.7 Å². The molecule has 88 valence electrons. The van der Waals surface area contributed by atoms with Gasteiger partial charge in [0, 0.05) is 26.2 Å². The molecule has 2 N–H and O–H groups in total. The zero-order valence-electron chi connectivity index (χ0n) is 10.0. The van der Waals surface area contributed by atoms with E-state index in [1.54, 1.807) is 7.11 Å². The standard InChI is InChI=1S/C12H24N2O/c1-12(8-13,9-15-2)14(11-5-6-11)7-10-3-4-10/h10-11H,3-9,13H2,1-2H3. The van der Waals surface area contributed by atoms with E-state index >= 15 is 0 Å². The van der Waals surface area contributed by atoms with Crippen molar-refractivity contribution < 1.29 is 4.74 Å². The monoisotopic (exact) mass is 212 g/mol. The van der Waals surface area contributed by atoms with Crippen LogP contribution >= 0.6 is 0 Å². The highest BCUT2D eigenvalue weighted by Gasteiger charge is 2.42. The van der Waals surface area contributed by atoms with Gasteiger partial charge < -0.3 is 10.5 Å². The van der Waals surface area contributed by atoms with Gasteiger partial charge in [-0.2, -0.15) is 0 Å². The minimum Gasteiger partial charge on any atom is -0.383 e. The van der Waals surface area contributed by atoms with E-state index in [4.69, 9.17) is 10.5 Å². The van der Waals surface area contributed by atoms with Gasteiger partial charge in [0.2, 0.25) is 0 Å². The molecule has 0 heterocycles. The van der Waals surface area contributed by atoms with E-state index in [-0.39, 0.29) is 5.54 Å². The summed E-state index contributed by atoms with van der Waals surface area (Å²) in [5, 5.41) is 0. The highest BCUT2D eigenvalue weighted by Crippen LogP contribution is 2.38. The van der Waals surface area contributed by atoms with Gasteiger partial charge in [0.25, 0.3) is 0 Å². The number of nitrogens with two attached hydrogens (primary N) is 1. The Labute approximate surface area is 93.0 Å². The predicted octanol–water partition coefficient (Wildman–Crippen LogP) is 1.22. The SMILES string of the molecule is COCC(C)(CN)N(CC1CC1)C1CC1. The zero-order chi connectivity index (χ0) is 10.9. The Balaban J connectivity index is 1.98. The summed E-state index contributed by atoms with van der Waals surface area (Å²) >= 11 is 0. The summed E-state index contributed by atoms with van der Waals surface area (Å²) in [5.41, 5.74) is 5.99. The summed E-state index contributed by atoms with van der Waals surface area (Å²) in [4.78, 5) is 2.62. The lowest BCUT2D eigenvalue weighted by Gasteiger charge is -2.40. The molecule has 0 aromatic carbocycles. The van der Waals surface area contributed by atoms with E-state index in [0.717, 1.165) is 18.6 Å². The molecule has 1 unspecified atom stereocenters. The van der Waals surface area contributed by atoms with Crippen LogP contribution in [0.2, 0.25) is 0 Å². The topological polar surface area (TPSA) is 38.5 Å². The number of methoxy groups -OCH3 is 1. The molecule has 3 heteroatoms. The molecule has 3 nitrogen and oxygen atoms in total. The van der Waals surface area contributed by atoms with Gasteiger partial charge in [-0.25, -0.2) is 0 Å². The first-order valence-corrected chi connectivity index (χ1v) is 6.15. The van der Waals surface area contributed by atoms with Gasteiger partial charge in [-0.1, -0.05) is 0 Å². The Morgan fingerprint density at radius 1 is 1.33 bits per heavy atom. The summed E-state index contributed by atoms with van der Waals surface area (Å²) in [7, 11) is 1.77. The van der Waals surface area contributed by atoms with Crippen molar-refractivity contribution in [1.82, 2.24) is 4.90 Å². The molecule has 2 aliphatic rings. The Bertz CT molecular complexity index is 214. The lowest BCUT2D eigenvalue weighted by Crippen LogP contribution is -2.56. The molecule has 0 spiro atoms. The average Bonchev–Trinajstić information content (AvgIpc) is 3.05. The minimum atomic E-state index is 0.0541. The van der Waals surface area contributed by atoms with Gasteiger partial charge in [-0.15, -0.1) is 0 Å². The van der Waals surface area contributed by atoms with Crippen LogP contribution in [0.5, 0.6) is 0 Å². The van der Waals surface area contributed by atoms with Gasteiger partial charge in [0.1, 0.15) is 0 Å². The van der Waals surface area contributed by atoms with E-state index in [1.165, 1.54) is 32.2 Å². The lowest BCUT2D eigenvalue weighted by atomic mass is 10.00. The molecule has 2 fully saturated rings. The molecular formula is C12H24N2O. The van der Waals surface area contributed by atoms with Gasteiger partial charge >= 0.3 is 0 Å². The average molecular weight is 212 g/mol. The largest absolute Gasteiger partial charge is 0.383 e. The van der Waals surface area contributed by atoms with Gasteiger partial charge in [-0.05, 0) is 38.5 Å². The molecule has 0 saturated heterocycles. The first kappa shape index (κ1) is 11.4. The first-order chi connectivity index (χ1) is 7.19. The number of hydrogen-bond donors (Lipinski definition) is 1. The fourth-order valence-corrected chi connectivity index (χ4v) is 2.35. The minimum absolute atomic E-state index is 0.0541. The van der Waals surface area contributed by atoms with Crippen molar-refractivity contribution in [3.63, 3.8) is 0 Å². The molecular weight excluding hydrogens is 188 g/mol. The Morgan fingerprint density at radius 2 is 2.00 bits per heavy atom. The molecule has 0 amide bonds. The third kappa shape index (κ3) is 2.71. The van der Waals surface area contributed by atoms with Crippen molar-refractivity contribution in [2.75, 3.05) is 26.8 Å². The fraction of sp³-hybridized carbons (Fsp3) is 1.00. The third-order valence-corrected chi connectivity index (χ3v) is 3.73. The van der Waals surface area contributed by atoms with Crippen LogP contribution in [0.3, 0.4) is 0 Å². The summed E-state index contributed by atoms with van der Waals surface area (Å²) < 4.78 is 5.34. The second kappa shape index (κ2) is 4.40. The predicted molar refractivity (Wildman–Crippen MR) is 61.8 cm³/mol. The highest BCUT2D eigenvalue weighted by atomic mass is 16.5. The molecule has 0 aromatic rings. The molecule has 15 heavy (non-hydrogen) atoms. The summed E-state index contributed by atoms with van der Waals surface area (Å²) in [5.74, 6) is 0.938. The van der Waals surface area contributed by atoms with Crippen LogP contribution in [0.4, 0.5) is 0 Å². The van der Waals surface area contributed by atoms with Crippen molar-refractivity contribution in [3.05, 3.63) is 0 Å². The smallest absolute Gasteiger partial charge is 0.0656 e. The fourth-order valence-electron chi connectivity index (χ4n) is 2.35. The number of rotatable bonds is 7. The Morgan fingerprint density at radius 3 is 2.40 bits per heavy atom. The number of ether oxygens (including phenoxy) is 1. The molecule has 0 radical (unpaired) electrons. The quantitative estimate of drug-likeness (QED) is 0.689. The van der Waals surface area contributed by atoms with Crippen LogP contribution in [-0.4, -0.2) is 43.3 Å². The van der Waals surface area contributed by atoms with Crippen molar-refractivity contribution in [1.29, 1.82) is 0 Å². The highest BCUT2D eigenvalue weighted by molar-refractivity contribution is 4.98. The van der Waals surface area contributed by atoms with E-state index < -0.39 is 0 Å². The first-order valence-electron chi connectivity index (χ1n) is 6.15. The molecule has 0 aromatic heterocycles. The van der Waals surface area contributed by atoms with Crippen LogP contribution in [0.15, 0.2) is 0 Å². The zero-order valence-corrected chi connectivity index (χ0v) is 10.0. The normalized spacial score (nSPS) is 25.6. The Kier molecular flexibility index (Phi) is 3.33.